The highest BCUT2D eigenvalue weighted by Crippen LogP contribution is 2.28. The quantitative estimate of drug-likeness (QED) is 0.407. The van der Waals surface area contributed by atoms with Crippen molar-refractivity contribution in [1.29, 1.82) is 0 Å². The molecule has 4 aromatic rings. The molecule has 1 aliphatic heterocycles. The van der Waals surface area contributed by atoms with E-state index in [1.165, 1.54) is 0 Å². The highest BCUT2D eigenvalue weighted by Gasteiger charge is 2.26. The number of urea groups is 1. The van der Waals surface area contributed by atoms with Crippen LogP contribution in [0.2, 0.25) is 0 Å². The van der Waals surface area contributed by atoms with E-state index in [2.05, 4.69) is 15.6 Å². The Morgan fingerprint density at radius 3 is 2.15 bits per heavy atom. The number of carbonyl (C=O) groups excluding carboxylic acids is 2. The summed E-state index contributed by atoms with van der Waals surface area (Å²) in [4.78, 5) is 35.2. The zero-order valence-corrected chi connectivity index (χ0v) is 18.1. The zero-order chi connectivity index (χ0) is 22.6. The van der Waals surface area contributed by atoms with Crippen molar-refractivity contribution >= 4 is 34.3 Å². The lowest BCUT2D eigenvalue weighted by molar-refractivity contribution is 0.0711. The summed E-state index contributed by atoms with van der Waals surface area (Å²) in [6.07, 6.45) is 1.76. The van der Waals surface area contributed by atoms with Gasteiger partial charge in [0.15, 0.2) is 0 Å². The van der Waals surface area contributed by atoms with E-state index in [0.29, 0.717) is 35.9 Å². The number of likely N-dealkylation sites (tertiary alicyclic amines) is 1. The molecule has 0 spiro atoms. The summed E-state index contributed by atoms with van der Waals surface area (Å²) in [6.45, 7) is 1.39. The van der Waals surface area contributed by atoms with E-state index < -0.39 is 0 Å². The van der Waals surface area contributed by atoms with Gasteiger partial charge in [0.2, 0.25) is 0 Å². The number of carbonyl (C=O) groups is 2. The number of nitrogens with zero attached hydrogens (tertiary/aromatic N) is 2. The third-order valence-corrected chi connectivity index (χ3v) is 6.00. The summed E-state index contributed by atoms with van der Waals surface area (Å²) in [5.41, 5.74) is 4.00. The first-order valence-corrected chi connectivity index (χ1v) is 11.1. The Labute approximate surface area is 191 Å². The van der Waals surface area contributed by atoms with Crippen LogP contribution < -0.4 is 10.6 Å². The van der Waals surface area contributed by atoms with Gasteiger partial charge in [0.25, 0.3) is 5.91 Å². The summed E-state index contributed by atoms with van der Waals surface area (Å²) in [5, 5.41) is 5.56. The predicted molar refractivity (Wildman–Crippen MR) is 129 cm³/mol. The second-order valence-electron chi connectivity index (χ2n) is 8.23. The maximum Gasteiger partial charge on any atom is 0.323 e. The van der Waals surface area contributed by atoms with Gasteiger partial charge in [-0.05, 0) is 61.4 Å². The van der Waals surface area contributed by atoms with E-state index in [1.807, 2.05) is 59.5 Å². The molecule has 0 saturated carbocycles. The van der Waals surface area contributed by atoms with Crippen LogP contribution in [0, 0.1) is 0 Å². The van der Waals surface area contributed by atoms with Gasteiger partial charge in [0.05, 0.1) is 11.0 Å². The van der Waals surface area contributed by atoms with E-state index in [0.717, 1.165) is 29.7 Å². The normalized spacial score (nSPS) is 14.2. The third kappa shape index (κ3) is 4.72. The lowest BCUT2D eigenvalue weighted by Gasteiger charge is -2.31. The van der Waals surface area contributed by atoms with Crippen LogP contribution in [-0.2, 0) is 0 Å². The Kier molecular flexibility index (Phi) is 5.76. The molecule has 166 valence electrons. The molecule has 3 amide bonds. The van der Waals surface area contributed by atoms with E-state index in [9.17, 15) is 9.59 Å². The van der Waals surface area contributed by atoms with Gasteiger partial charge in [-0.15, -0.1) is 0 Å². The lowest BCUT2D eigenvalue weighted by Crippen LogP contribution is -2.38. The maximum absolute atomic E-state index is 13.0. The van der Waals surface area contributed by atoms with Crippen molar-refractivity contribution in [1.82, 2.24) is 14.9 Å². The molecule has 0 bridgehead atoms. The number of hydrogen-bond acceptors (Lipinski definition) is 3. The number of anilines is 2. The van der Waals surface area contributed by atoms with E-state index >= 15 is 0 Å². The molecule has 0 unspecified atom stereocenters. The number of aromatic nitrogens is 2. The van der Waals surface area contributed by atoms with Crippen molar-refractivity contribution in [3.63, 3.8) is 0 Å². The summed E-state index contributed by atoms with van der Waals surface area (Å²) < 4.78 is 0. The molecule has 5 rings (SSSR count). The topological polar surface area (TPSA) is 90.1 Å². The molecular formula is C26H25N5O2. The number of amides is 3. The number of benzene rings is 3. The van der Waals surface area contributed by atoms with Gasteiger partial charge in [-0.1, -0.05) is 30.3 Å². The number of nitrogens with one attached hydrogen (secondary N) is 3. The minimum absolute atomic E-state index is 0.0124. The highest BCUT2D eigenvalue weighted by atomic mass is 16.2. The lowest BCUT2D eigenvalue weighted by atomic mass is 9.95. The van der Waals surface area contributed by atoms with Gasteiger partial charge < -0.3 is 20.5 Å². The molecule has 0 aliphatic carbocycles. The van der Waals surface area contributed by atoms with Crippen molar-refractivity contribution in [3.05, 3.63) is 90.3 Å². The number of H-pyrrole nitrogens is 1. The van der Waals surface area contributed by atoms with Gasteiger partial charge in [-0.2, -0.15) is 0 Å². The van der Waals surface area contributed by atoms with E-state index in [-0.39, 0.29) is 11.9 Å². The largest absolute Gasteiger partial charge is 0.342 e. The standard InChI is InChI=1S/C26H25N5O2/c32-25(19-10-12-21(13-11-19)28-26(33)27-20-6-2-1-3-7-20)31-16-14-18(15-17-31)24-29-22-8-4-5-9-23(22)30-24/h1-13,18H,14-17H2,(H,29,30)(H2,27,28,33). The van der Waals surface area contributed by atoms with Crippen LogP contribution in [0.3, 0.4) is 0 Å². The van der Waals surface area contributed by atoms with Crippen molar-refractivity contribution < 1.29 is 9.59 Å². The SMILES string of the molecule is O=C(Nc1ccccc1)Nc1ccc(C(=O)N2CCC(c3nc4ccccc4[nH]3)CC2)cc1. The molecule has 1 aromatic heterocycles. The number of aromatic amines is 1. The number of hydrogen-bond donors (Lipinski definition) is 3. The van der Waals surface area contributed by atoms with Crippen molar-refractivity contribution in [2.24, 2.45) is 0 Å². The Morgan fingerprint density at radius 2 is 1.45 bits per heavy atom. The fraction of sp³-hybridized carbons (Fsp3) is 0.192. The fourth-order valence-corrected chi connectivity index (χ4v) is 4.22. The molecule has 3 N–H and O–H groups in total. The van der Waals surface area contributed by atoms with Crippen molar-refractivity contribution in [3.8, 4) is 0 Å². The summed E-state index contributed by atoms with van der Waals surface area (Å²) in [6, 6.07) is 24.0. The van der Waals surface area contributed by atoms with Crippen molar-refractivity contribution in [2.45, 2.75) is 18.8 Å². The monoisotopic (exact) mass is 439 g/mol. The van der Waals surface area contributed by atoms with Gasteiger partial charge >= 0.3 is 6.03 Å². The number of piperidine rings is 1. The first kappa shape index (κ1) is 20.8. The molecule has 0 atom stereocenters. The minimum atomic E-state index is -0.326. The van der Waals surface area contributed by atoms with Gasteiger partial charge in [-0.3, -0.25) is 4.79 Å². The molecule has 0 radical (unpaired) electrons. The van der Waals surface area contributed by atoms with Crippen LogP contribution in [-0.4, -0.2) is 39.9 Å². The van der Waals surface area contributed by atoms with Gasteiger partial charge in [0.1, 0.15) is 5.82 Å². The molecule has 7 nitrogen and oxygen atoms in total. The molecule has 1 aliphatic rings. The minimum Gasteiger partial charge on any atom is -0.342 e. The Morgan fingerprint density at radius 1 is 0.818 bits per heavy atom. The first-order chi connectivity index (χ1) is 16.2. The molecule has 1 fully saturated rings. The van der Waals surface area contributed by atoms with Crippen LogP contribution >= 0.6 is 0 Å². The first-order valence-electron chi connectivity index (χ1n) is 11.1. The van der Waals surface area contributed by atoms with E-state index in [1.54, 1.807) is 24.3 Å². The molecule has 2 heterocycles. The Bertz CT molecular complexity index is 1230. The summed E-state index contributed by atoms with van der Waals surface area (Å²) >= 11 is 0. The molecule has 1 saturated heterocycles. The van der Waals surface area contributed by atoms with Crippen LogP contribution in [0.4, 0.5) is 16.2 Å². The second-order valence-corrected chi connectivity index (χ2v) is 8.23. The number of fused-ring (bicyclic) bond motifs is 1. The number of imidazole rings is 1. The fourth-order valence-electron chi connectivity index (χ4n) is 4.22. The highest BCUT2D eigenvalue weighted by molar-refractivity contribution is 6.00. The van der Waals surface area contributed by atoms with Crippen LogP contribution in [0.5, 0.6) is 0 Å². The molecule has 7 heteroatoms. The molecule has 3 aromatic carbocycles. The summed E-state index contributed by atoms with van der Waals surface area (Å²) in [7, 11) is 0. The molecule has 33 heavy (non-hydrogen) atoms. The summed E-state index contributed by atoms with van der Waals surface area (Å²) in [5.74, 6) is 1.35. The Balaban J connectivity index is 1.16. The number of para-hydroxylation sites is 3. The van der Waals surface area contributed by atoms with Crippen molar-refractivity contribution in [2.75, 3.05) is 23.7 Å². The molecular weight excluding hydrogens is 414 g/mol. The second kappa shape index (κ2) is 9.16. The third-order valence-electron chi connectivity index (χ3n) is 6.00. The Hall–Kier alpha value is -4.13. The average molecular weight is 440 g/mol. The average Bonchev–Trinajstić information content (AvgIpc) is 3.29. The zero-order valence-electron chi connectivity index (χ0n) is 18.1. The van der Waals surface area contributed by atoms with Gasteiger partial charge in [0, 0.05) is 35.9 Å². The predicted octanol–water partition coefficient (Wildman–Crippen LogP) is 5.23. The van der Waals surface area contributed by atoms with Gasteiger partial charge in [-0.25, -0.2) is 9.78 Å². The number of rotatable bonds is 4. The van der Waals surface area contributed by atoms with Crippen LogP contribution in [0.25, 0.3) is 11.0 Å². The van der Waals surface area contributed by atoms with E-state index in [4.69, 9.17) is 4.98 Å². The van der Waals surface area contributed by atoms with Crippen LogP contribution in [0.15, 0.2) is 78.9 Å². The van der Waals surface area contributed by atoms with Crippen LogP contribution in [0.1, 0.15) is 34.9 Å². The smallest absolute Gasteiger partial charge is 0.323 e. The maximum atomic E-state index is 13.0.